The summed E-state index contributed by atoms with van der Waals surface area (Å²) in [5.74, 6) is -0.659. The van der Waals surface area contributed by atoms with Crippen LogP contribution in [0.15, 0.2) is 23.1 Å². The fraction of sp³-hybridized carbons (Fsp3) is 0.300. The Bertz CT molecular complexity index is 548. The quantitative estimate of drug-likeness (QED) is 0.778. The largest absolute Gasteiger partial charge is 0.465 e. The van der Waals surface area contributed by atoms with Gasteiger partial charge in [-0.05, 0) is 18.2 Å². The summed E-state index contributed by atoms with van der Waals surface area (Å²) in [6.07, 6.45) is 0. The monoisotopic (exact) mass is 328 g/mol. The first-order valence-corrected chi connectivity index (χ1v) is 6.85. The molecule has 108 valence electrons. The number of nitrogens with two attached hydrogens (primary N) is 1. The molecule has 0 radical (unpaired) electrons. The number of hydrogen-bond donors (Lipinski definition) is 2. The summed E-state index contributed by atoms with van der Waals surface area (Å²) in [5.41, 5.74) is 5.28. The minimum absolute atomic E-state index is 0. The minimum Gasteiger partial charge on any atom is -0.465 e. The lowest BCUT2D eigenvalue weighted by Gasteiger charge is -2.07. The molecule has 1 aromatic rings. The summed E-state index contributed by atoms with van der Waals surface area (Å²) in [4.78, 5) is 11.2. The van der Waals surface area contributed by atoms with Crippen molar-refractivity contribution in [2.24, 2.45) is 5.73 Å². The van der Waals surface area contributed by atoms with Crippen molar-refractivity contribution in [2.45, 2.75) is 4.90 Å². The van der Waals surface area contributed by atoms with E-state index in [4.69, 9.17) is 17.3 Å². The number of ether oxygens (including phenoxy) is 1. The van der Waals surface area contributed by atoms with Gasteiger partial charge < -0.3 is 10.5 Å². The second-order valence-corrected chi connectivity index (χ2v) is 5.56. The van der Waals surface area contributed by atoms with Crippen LogP contribution in [0.3, 0.4) is 0 Å². The molecule has 9 heteroatoms. The Morgan fingerprint density at radius 1 is 1.42 bits per heavy atom. The highest BCUT2D eigenvalue weighted by atomic mass is 35.5. The molecule has 0 aliphatic heterocycles. The molecule has 1 rings (SSSR count). The van der Waals surface area contributed by atoms with Gasteiger partial charge in [0, 0.05) is 18.1 Å². The normalized spacial score (nSPS) is 10.7. The number of halogens is 2. The maximum absolute atomic E-state index is 11.8. The lowest BCUT2D eigenvalue weighted by Crippen LogP contribution is -2.29. The Hall–Kier alpha value is -0.860. The molecule has 0 fully saturated rings. The minimum atomic E-state index is -3.73. The molecule has 6 nitrogen and oxygen atoms in total. The summed E-state index contributed by atoms with van der Waals surface area (Å²) >= 11 is 5.77. The van der Waals surface area contributed by atoms with E-state index in [0.717, 1.165) is 0 Å². The number of nitrogens with one attached hydrogen (secondary N) is 1. The van der Waals surface area contributed by atoms with Crippen molar-refractivity contribution >= 4 is 40.0 Å². The molecule has 0 saturated carbocycles. The third kappa shape index (κ3) is 4.96. The van der Waals surface area contributed by atoms with Gasteiger partial charge in [0.25, 0.3) is 0 Å². The van der Waals surface area contributed by atoms with Gasteiger partial charge in [-0.3, -0.25) is 0 Å². The highest BCUT2D eigenvalue weighted by Crippen LogP contribution is 2.19. The van der Waals surface area contributed by atoms with E-state index in [1.807, 2.05) is 0 Å². The summed E-state index contributed by atoms with van der Waals surface area (Å²) in [5, 5.41) is 0.131. The predicted molar refractivity (Wildman–Crippen MR) is 74.3 cm³/mol. The Morgan fingerprint density at radius 2 is 2.05 bits per heavy atom. The molecular weight excluding hydrogens is 315 g/mol. The van der Waals surface area contributed by atoms with Crippen molar-refractivity contribution < 1.29 is 17.9 Å². The van der Waals surface area contributed by atoms with E-state index >= 15 is 0 Å². The highest BCUT2D eigenvalue weighted by molar-refractivity contribution is 7.89. The zero-order valence-electron chi connectivity index (χ0n) is 10.1. The van der Waals surface area contributed by atoms with E-state index in [9.17, 15) is 13.2 Å². The Labute approximate surface area is 122 Å². The molecule has 0 aliphatic rings. The SMILES string of the molecule is COC(=O)c1cc(Cl)cc(S(=O)(=O)NCCN)c1.Cl. The van der Waals surface area contributed by atoms with E-state index in [1.165, 1.54) is 25.3 Å². The van der Waals surface area contributed by atoms with Gasteiger partial charge in [0.05, 0.1) is 17.6 Å². The van der Waals surface area contributed by atoms with Crippen molar-refractivity contribution in [2.75, 3.05) is 20.2 Å². The summed E-state index contributed by atoms with van der Waals surface area (Å²) in [6, 6.07) is 3.76. The predicted octanol–water partition coefficient (Wildman–Crippen LogP) is 0.785. The molecule has 3 N–H and O–H groups in total. The van der Waals surface area contributed by atoms with Crippen LogP contribution in [0.1, 0.15) is 10.4 Å². The first kappa shape index (κ1) is 18.1. The molecule has 0 unspecified atom stereocenters. The summed E-state index contributed by atoms with van der Waals surface area (Å²) in [7, 11) is -2.53. The smallest absolute Gasteiger partial charge is 0.337 e. The number of carbonyl (C=O) groups is 1. The van der Waals surface area contributed by atoms with Gasteiger partial charge in [0.15, 0.2) is 0 Å². The average molecular weight is 329 g/mol. The summed E-state index contributed by atoms with van der Waals surface area (Å²) in [6.45, 7) is 0.270. The van der Waals surface area contributed by atoms with E-state index in [2.05, 4.69) is 9.46 Å². The first-order chi connectivity index (χ1) is 8.40. The van der Waals surface area contributed by atoms with Crippen LogP contribution >= 0.6 is 24.0 Å². The standard InChI is InChI=1S/C10H13ClN2O4S.ClH/c1-17-10(14)7-4-8(11)6-9(5-7)18(15,16)13-3-2-12;/h4-6,13H,2-3,12H2,1H3;1H. The van der Waals surface area contributed by atoms with Crippen LogP contribution < -0.4 is 10.5 Å². The number of rotatable bonds is 5. The molecule has 0 bridgehead atoms. The fourth-order valence-electron chi connectivity index (χ4n) is 1.23. The molecule has 0 amide bonds. The van der Waals surface area contributed by atoms with Gasteiger partial charge in [-0.2, -0.15) is 0 Å². The number of methoxy groups -OCH3 is 1. The van der Waals surface area contributed by atoms with Crippen molar-refractivity contribution in [3.63, 3.8) is 0 Å². The van der Waals surface area contributed by atoms with Crippen LogP contribution in [0.2, 0.25) is 5.02 Å². The average Bonchev–Trinajstić information content (AvgIpc) is 2.34. The Balaban J connectivity index is 0.00000324. The highest BCUT2D eigenvalue weighted by Gasteiger charge is 2.17. The maximum Gasteiger partial charge on any atom is 0.337 e. The lowest BCUT2D eigenvalue weighted by molar-refractivity contribution is 0.0600. The van der Waals surface area contributed by atoms with Crippen molar-refractivity contribution in [3.8, 4) is 0 Å². The van der Waals surface area contributed by atoms with Crippen LogP contribution in [0, 0.1) is 0 Å². The molecule has 1 aromatic carbocycles. The zero-order chi connectivity index (χ0) is 13.8. The lowest BCUT2D eigenvalue weighted by atomic mass is 10.2. The number of sulfonamides is 1. The number of carbonyl (C=O) groups excluding carboxylic acids is 1. The van der Waals surface area contributed by atoms with Crippen molar-refractivity contribution in [1.82, 2.24) is 4.72 Å². The van der Waals surface area contributed by atoms with Crippen molar-refractivity contribution in [3.05, 3.63) is 28.8 Å². The molecule has 0 atom stereocenters. The molecular formula is C10H14Cl2N2O4S. The molecule has 0 saturated heterocycles. The summed E-state index contributed by atoms with van der Waals surface area (Å²) < 4.78 is 30.4. The van der Waals surface area contributed by atoms with Gasteiger partial charge in [0.1, 0.15) is 0 Å². The zero-order valence-corrected chi connectivity index (χ0v) is 12.4. The van der Waals surface area contributed by atoms with Crippen LogP contribution in [-0.4, -0.2) is 34.6 Å². The Kier molecular flexibility index (Phi) is 7.32. The second kappa shape index (κ2) is 7.66. The number of benzene rings is 1. The third-order valence-electron chi connectivity index (χ3n) is 2.04. The van der Waals surface area contributed by atoms with E-state index < -0.39 is 16.0 Å². The van der Waals surface area contributed by atoms with Crippen LogP contribution in [-0.2, 0) is 14.8 Å². The van der Waals surface area contributed by atoms with Gasteiger partial charge >= 0.3 is 5.97 Å². The van der Waals surface area contributed by atoms with Crippen LogP contribution in [0.25, 0.3) is 0 Å². The van der Waals surface area contributed by atoms with E-state index in [1.54, 1.807) is 0 Å². The van der Waals surface area contributed by atoms with Crippen LogP contribution in [0.4, 0.5) is 0 Å². The molecule has 0 aliphatic carbocycles. The van der Waals surface area contributed by atoms with E-state index in [-0.39, 0.29) is 41.0 Å². The van der Waals surface area contributed by atoms with Gasteiger partial charge in [-0.25, -0.2) is 17.9 Å². The third-order valence-corrected chi connectivity index (χ3v) is 3.70. The molecule has 0 heterocycles. The number of hydrogen-bond acceptors (Lipinski definition) is 5. The maximum atomic E-state index is 11.8. The topological polar surface area (TPSA) is 98.5 Å². The fourth-order valence-corrected chi connectivity index (χ4v) is 2.65. The molecule has 0 aromatic heterocycles. The Morgan fingerprint density at radius 3 is 2.58 bits per heavy atom. The second-order valence-electron chi connectivity index (χ2n) is 3.35. The van der Waals surface area contributed by atoms with Crippen LogP contribution in [0.5, 0.6) is 0 Å². The van der Waals surface area contributed by atoms with Gasteiger partial charge in [-0.1, -0.05) is 11.6 Å². The van der Waals surface area contributed by atoms with E-state index in [0.29, 0.717) is 0 Å². The molecule has 19 heavy (non-hydrogen) atoms. The number of esters is 1. The first-order valence-electron chi connectivity index (χ1n) is 4.99. The van der Waals surface area contributed by atoms with Crippen molar-refractivity contribution in [1.29, 1.82) is 0 Å². The molecule has 0 spiro atoms. The van der Waals surface area contributed by atoms with Gasteiger partial charge in [0.2, 0.25) is 10.0 Å². The van der Waals surface area contributed by atoms with Gasteiger partial charge in [-0.15, -0.1) is 12.4 Å².